The van der Waals surface area contributed by atoms with Gasteiger partial charge in [0.15, 0.2) is 0 Å². The van der Waals surface area contributed by atoms with E-state index >= 15 is 0 Å². The molecule has 2 aliphatic rings. The van der Waals surface area contributed by atoms with Crippen LogP contribution in [-0.4, -0.2) is 15.8 Å². The highest BCUT2D eigenvalue weighted by Gasteiger charge is 2.48. The molecular weight excluding hydrogens is 156 g/mol. The fourth-order valence-corrected chi connectivity index (χ4v) is 3.52. The Hall–Kier alpha value is -0.240. The summed E-state index contributed by atoms with van der Waals surface area (Å²) in [5.74, 6) is 0.842. The van der Waals surface area contributed by atoms with Crippen LogP contribution < -0.4 is 0 Å². The van der Waals surface area contributed by atoms with Crippen molar-refractivity contribution in [1.29, 1.82) is 0 Å². The Morgan fingerprint density at radius 2 is 2.36 bits per heavy atom. The molecule has 2 bridgehead atoms. The molecule has 11 heavy (non-hydrogen) atoms. The molecule has 0 aromatic rings. The number of rotatable bonds is 1. The largest absolute Gasteiger partial charge is 0.298 e. The van der Waals surface area contributed by atoms with Crippen LogP contribution in [0.4, 0.5) is 0 Å². The van der Waals surface area contributed by atoms with Gasteiger partial charge in [-0.05, 0) is 26.2 Å². The van der Waals surface area contributed by atoms with E-state index in [4.69, 9.17) is 0 Å². The molecule has 0 spiro atoms. The summed E-state index contributed by atoms with van der Waals surface area (Å²) in [5.41, 5.74) is 0. The second kappa shape index (κ2) is 2.13. The van der Waals surface area contributed by atoms with Gasteiger partial charge in [-0.2, -0.15) is 0 Å². The molecule has 0 amide bonds. The smallest absolute Gasteiger partial charge is 0.146 e. The Balaban J connectivity index is 2.30. The molecule has 2 rings (SSSR count). The van der Waals surface area contributed by atoms with Gasteiger partial charge in [-0.3, -0.25) is 4.79 Å². The van der Waals surface area contributed by atoms with Crippen molar-refractivity contribution in [3.05, 3.63) is 12.2 Å². The number of Topliss-reactive ketones (excluding diaryl/α,β-unsaturated/α-hetero) is 1. The van der Waals surface area contributed by atoms with Gasteiger partial charge in [-0.1, -0.05) is 12.2 Å². The molecule has 1 nitrogen and oxygen atoms in total. The minimum absolute atomic E-state index is 0.0978. The number of hydrogen-bond donors (Lipinski definition) is 0. The lowest BCUT2D eigenvalue weighted by atomic mass is 9.90. The van der Waals surface area contributed by atoms with Crippen LogP contribution in [0.2, 0.25) is 0 Å². The Morgan fingerprint density at radius 3 is 2.64 bits per heavy atom. The van der Waals surface area contributed by atoms with Crippen LogP contribution >= 0.6 is 11.8 Å². The van der Waals surface area contributed by atoms with Crippen molar-refractivity contribution in [3.8, 4) is 0 Å². The van der Waals surface area contributed by atoms with Gasteiger partial charge in [0.05, 0.1) is 4.75 Å². The van der Waals surface area contributed by atoms with E-state index in [0.29, 0.717) is 17.0 Å². The quantitative estimate of drug-likeness (QED) is 0.557. The lowest BCUT2D eigenvalue weighted by Crippen LogP contribution is -2.34. The van der Waals surface area contributed by atoms with E-state index in [1.165, 1.54) is 6.42 Å². The molecule has 3 unspecified atom stereocenters. The number of thioether (sulfide) groups is 1. The average Bonchev–Trinajstić information content (AvgIpc) is 2.45. The third kappa shape index (κ3) is 0.886. The molecule has 0 N–H and O–H groups in total. The van der Waals surface area contributed by atoms with Crippen LogP contribution in [0.3, 0.4) is 0 Å². The Morgan fingerprint density at radius 1 is 1.64 bits per heavy atom. The maximum absolute atomic E-state index is 11.3. The van der Waals surface area contributed by atoms with Crippen molar-refractivity contribution in [3.63, 3.8) is 0 Å². The molecule has 1 aliphatic heterocycles. The molecule has 3 atom stereocenters. The second-order valence-corrected chi connectivity index (χ2v) is 5.24. The third-order valence-corrected chi connectivity index (χ3v) is 4.58. The average molecular weight is 168 g/mol. The van der Waals surface area contributed by atoms with Crippen LogP contribution in [0, 0.1) is 5.92 Å². The highest BCUT2D eigenvalue weighted by molar-refractivity contribution is 8.02. The highest BCUT2D eigenvalue weighted by atomic mass is 32.2. The molecule has 0 radical (unpaired) electrons. The first-order chi connectivity index (χ1) is 5.13. The summed E-state index contributed by atoms with van der Waals surface area (Å²) in [6, 6.07) is 0. The van der Waals surface area contributed by atoms with Crippen LogP contribution in [0.15, 0.2) is 12.2 Å². The van der Waals surface area contributed by atoms with Gasteiger partial charge in [0.1, 0.15) is 5.78 Å². The van der Waals surface area contributed by atoms with Gasteiger partial charge >= 0.3 is 0 Å². The summed E-state index contributed by atoms with van der Waals surface area (Å²) in [7, 11) is 0. The van der Waals surface area contributed by atoms with Crippen molar-refractivity contribution in [2.24, 2.45) is 5.92 Å². The summed E-state index contributed by atoms with van der Waals surface area (Å²) >= 11 is 1.83. The Labute approximate surface area is 71.2 Å². The lowest BCUT2D eigenvalue weighted by Gasteiger charge is -2.27. The van der Waals surface area contributed by atoms with Gasteiger partial charge in [0.25, 0.3) is 0 Å². The van der Waals surface area contributed by atoms with Crippen molar-refractivity contribution in [1.82, 2.24) is 0 Å². The molecular formula is C9H12OS. The maximum atomic E-state index is 11.3. The maximum Gasteiger partial charge on any atom is 0.146 e. The lowest BCUT2D eigenvalue weighted by molar-refractivity contribution is -0.119. The Bertz CT molecular complexity index is 234. The van der Waals surface area contributed by atoms with Crippen molar-refractivity contribution in [2.45, 2.75) is 30.3 Å². The molecule has 60 valence electrons. The minimum atomic E-state index is -0.0978. The van der Waals surface area contributed by atoms with Crippen molar-refractivity contribution >= 4 is 17.5 Å². The van der Waals surface area contributed by atoms with E-state index in [1.807, 2.05) is 11.8 Å². The van der Waals surface area contributed by atoms with E-state index in [2.05, 4.69) is 19.1 Å². The molecule has 0 saturated carbocycles. The molecule has 0 aromatic heterocycles. The van der Waals surface area contributed by atoms with E-state index in [0.717, 1.165) is 0 Å². The van der Waals surface area contributed by atoms with E-state index in [1.54, 1.807) is 6.92 Å². The topological polar surface area (TPSA) is 17.1 Å². The molecule has 1 fully saturated rings. The molecule has 2 heteroatoms. The van der Waals surface area contributed by atoms with Crippen LogP contribution in [0.25, 0.3) is 0 Å². The molecule has 0 aromatic carbocycles. The summed E-state index contributed by atoms with van der Waals surface area (Å²) in [4.78, 5) is 11.3. The van der Waals surface area contributed by atoms with Gasteiger partial charge < -0.3 is 0 Å². The Kier molecular flexibility index (Phi) is 1.43. The van der Waals surface area contributed by atoms with Crippen LogP contribution in [0.1, 0.15) is 20.3 Å². The monoisotopic (exact) mass is 168 g/mol. The van der Waals surface area contributed by atoms with E-state index in [9.17, 15) is 4.79 Å². The number of fused-ring (bicyclic) bond motifs is 2. The molecule has 1 saturated heterocycles. The minimum Gasteiger partial charge on any atom is -0.298 e. The zero-order valence-corrected chi connectivity index (χ0v) is 7.65. The van der Waals surface area contributed by atoms with Gasteiger partial charge in [0, 0.05) is 5.25 Å². The number of carbonyl (C=O) groups excluding carboxylic acids is 1. The SMILES string of the molecule is CC(=O)C1(C)SC2C=CC1C2. The first kappa shape index (κ1) is 7.41. The summed E-state index contributed by atoms with van der Waals surface area (Å²) in [5, 5.41) is 0.619. The van der Waals surface area contributed by atoms with Crippen molar-refractivity contribution < 1.29 is 4.79 Å². The molecule has 1 aliphatic carbocycles. The van der Waals surface area contributed by atoms with E-state index in [-0.39, 0.29) is 4.75 Å². The summed E-state index contributed by atoms with van der Waals surface area (Å²) < 4.78 is -0.0978. The number of carbonyl (C=O) groups is 1. The zero-order valence-electron chi connectivity index (χ0n) is 6.83. The fourth-order valence-electron chi connectivity index (χ4n) is 1.91. The number of allylic oxidation sites excluding steroid dienone is 1. The summed E-state index contributed by atoms with van der Waals surface area (Å²) in [6.45, 7) is 3.79. The third-order valence-electron chi connectivity index (χ3n) is 2.85. The highest BCUT2D eigenvalue weighted by Crippen LogP contribution is 2.52. The second-order valence-electron chi connectivity index (χ2n) is 3.55. The van der Waals surface area contributed by atoms with Gasteiger partial charge in [0.2, 0.25) is 0 Å². The van der Waals surface area contributed by atoms with Crippen LogP contribution in [0.5, 0.6) is 0 Å². The van der Waals surface area contributed by atoms with Gasteiger partial charge in [-0.15, -0.1) is 11.8 Å². The number of hydrogen-bond acceptors (Lipinski definition) is 2. The predicted octanol–water partition coefficient (Wildman–Crippen LogP) is 2.03. The normalized spacial score (nSPS) is 46.7. The molecule has 1 heterocycles. The number of ketones is 1. The fraction of sp³-hybridized carbons (Fsp3) is 0.667. The van der Waals surface area contributed by atoms with Crippen molar-refractivity contribution in [2.75, 3.05) is 0 Å². The summed E-state index contributed by atoms with van der Waals surface area (Å²) in [6.07, 6.45) is 5.63. The first-order valence-corrected chi connectivity index (χ1v) is 4.88. The van der Waals surface area contributed by atoms with Gasteiger partial charge in [-0.25, -0.2) is 0 Å². The first-order valence-electron chi connectivity index (χ1n) is 4.00. The van der Waals surface area contributed by atoms with E-state index < -0.39 is 0 Å². The standard InChI is InChI=1S/C9H12OS/c1-6(10)9(2)7-3-4-8(5-7)11-9/h3-4,7-8H,5H2,1-2H3. The van der Waals surface area contributed by atoms with Crippen LogP contribution in [-0.2, 0) is 4.79 Å². The predicted molar refractivity (Wildman–Crippen MR) is 47.7 cm³/mol. The zero-order chi connectivity index (χ0) is 8.06.